The van der Waals surface area contributed by atoms with E-state index < -0.39 is 22.5 Å². The van der Waals surface area contributed by atoms with Gasteiger partial charge in [0.1, 0.15) is 22.9 Å². The SMILES string of the molecule is COc1ccccc1NC(=O)CN(c1ccc(C)c(C)c1)S(=O)(=O)c1cc(C)ccc1OC. The van der Waals surface area contributed by atoms with E-state index in [1.165, 1.54) is 14.2 Å². The Kier molecular flexibility index (Phi) is 7.28. The van der Waals surface area contributed by atoms with Crippen molar-refractivity contribution in [3.05, 3.63) is 77.4 Å². The highest BCUT2D eigenvalue weighted by molar-refractivity contribution is 7.93. The smallest absolute Gasteiger partial charge is 0.268 e. The second-order valence-electron chi connectivity index (χ2n) is 7.68. The van der Waals surface area contributed by atoms with E-state index in [0.717, 1.165) is 21.0 Å². The van der Waals surface area contributed by atoms with Crippen molar-refractivity contribution in [1.29, 1.82) is 0 Å². The summed E-state index contributed by atoms with van der Waals surface area (Å²) in [6.45, 7) is 5.20. The summed E-state index contributed by atoms with van der Waals surface area (Å²) < 4.78 is 39.3. The molecule has 0 saturated heterocycles. The van der Waals surface area contributed by atoms with Crippen LogP contribution in [-0.4, -0.2) is 35.1 Å². The molecular weight excluding hydrogens is 440 g/mol. The highest BCUT2D eigenvalue weighted by Crippen LogP contribution is 2.32. The van der Waals surface area contributed by atoms with E-state index >= 15 is 0 Å². The summed E-state index contributed by atoms with van der Waals surface area (Å²) in [7, 11) is -1.22. The minimum Gasteiger partial charge on any atom is -0.495 e. The molecule has 174 valence electrons. The van der Waals surface area contributed by atoms with Gasteiger partial charge >= 0.3 is 0 Å². The van der Waals surface area contributed by atoms with E-state index in [4.69, 9.17) is 9.47 Å². The van der Waals surface area contributed by atoms with Crippen molar-refractivity contribution in [1.82, 2.24) is 0 Å². The Bertz CT molecular complexity index is 1270. The second-order valence-corrected chi connectivity index (χ2v) is 9.51. The van der Waals surface area contributed by atoms with Crippen molar-refractivity contribution in [3.8, 4) is 11.5 Å². The van der Waals surface area contributed by atoms with Crippen molar-refractivity contribution in [2.24, 2.45) is 0 Å². The fourth-order valence-corrected chi connectivity index (χ4v) is 5.02. The molecule has 0 atom stereocenters. The van der Waals surface area contributed by atoms with E-state index in [9.17, 15) is 13.2 Å². The van der Waals surface area contributed by atoms with E-state index in [-0.39, 0.29) is 10.6 Å². The van der Waals surface area contributed by atoms with Crippen molar-refractivity contribution in [2.45, 2.75) is 25.7 Å². The number of hydrogen-bond acceptors (Lipinski definition) is 5. The summed E-state index contributed by atoms with van der Waals surface area (Å²) in [5.74, 6) is 0.180. The Labute approximate surface area is 195 Å². The lowest BCUT2D eigenvalue weighted by atomic mass is 10.1. The van der Waals surface area contributed by atoms with Gasteiger partial charge in [-0.3, -0.25) is 9.10 Å². The van der Waals surface area contributed by atoms with Gasteiger partial charge in [0.2, 0.25) is 5.91 Å². The van der Waals surface area contributed by atoms with Crippen molar-refractivity contribution < 1.29 is 22.7 Å². The Morgan fingerprint density at radius 3 is 2.24 bits per heavy atom. The monoisotopic (exact) mass is 468 g/mol. The van der Waals surface area contributed by atoms with Crippen LogP contribution in [0.2, 0.25) is 0 Å². The number of aryl methyl sites for hydroxylation is 3. The zero-order valence-electron chi connectivity index (χ0n) is 19.4. The maximum absolute atomic E-state index is 13.8. The molecule has 0 heterocycles. The second kappa shape index (κ2) is 9.95. The van der Waals surface area contributed by atoms with Crippen LogP contribution in [0.5, 0.6) is 11.5 Å². The van der Waals surface area contributed by atoms with Crippen LogP contribution >= 0.6 is 0 Å². The first kappa shape index (κ1) is 24.1. The minimum atomic E-state index is -4.14. The predicted molar refractivity (Wildman–Crippen MR) is 130 cm³/mol. The summed E-state index contributed by atoms with van der Waals surface area (Å²) in [5, 5.41) is 2.75. The predicted octanol–water partition coefficient (Wildman–Crippen LogP) is 4.46. The van der Waals surface area contributed by atoms with Gasteiger partial charge in [0, 0.05) is 0 Å². The quantitative estimate of drug-likeness (QED) is 0.528. The van der Waals surface area contributed by atoms with E-state index in [1.54, 1.807) is 61.5 Å². The standard InChI is InChI=1S/C25H28N2O5S/c1-17-10-13-23(32-5)24(14-17)33(29,30)27(20-12-11-18(2)19(3)15-20)16-25(28)26-21-8-6-7-9-22(21)31-4/h6-15H,16H2,1-5H3,(H,26,28). The van der Waals surface area contributed by atoms with E-state index in [0.29, 0.717) is 17.1 Å². The van der Waals surface area contributed by atoms with Crippen LogP contribution < -0.4 is 19.1 Å². The minimum absolute atomic E-state index is 0.00619. The van der Waals surface area contributed by atoms with Crippen molar-refractivity contribution in [3.63, 3.8) is 0 Å². The van der Waals surface area contributed by atoms with Gasteiger partial charge in [0.25, 0.3) is 10.0 Å². The number of methoxy groups -OCH3 is 2. The number of hydrogen-bond donors (Lipinski definition) is 1. The van der Waals surface area contributed by atoms with E-state index in [2.05, 4.69) is 5.32 Å². The third-order valence-corrected chi connectivity index (χ3v) is 7.13. The molecule has 3 aromatic rings. The Balaban J connectivity index is 2.06. The number of anilines is 2. The number of sulfonamides is 1. The molecule has 1 N–H and O–H groups in total. The van der Waals surface area contributed by atoms with Crippen LogP contribution in [0.15, 0.2) is 65.6 Å². The molecule has 33 heavy (non-hydrogen) atoms. The lowest BCUT2D eigenvalue weighted by Crippen LogP contribution is -2.38. The molecule has 8 heteroatoms. The molecule has 0 aliphatic rings. The zero-order valence-corrected chi connectivity index (χ0v) is 20.2. The van der Waals surface area contributed by atoms with Gasteiger partial charge in [-0.25, -0.2) is 8.42 Å². The fraction of sp³-hybridized carbons (Fsp3) is 0.240. The van der Waals surface area contributed by atoms with Crippen LogP contribution in [0.3, 0.4) is 0 Å². The molecule has 0 saturated carbocycles. The maximum Gasteiger partial charge on any atom is 0.268 e. The first-order chi connectivity index (χ1) is 15.7. The molecule has 1 amide bonds. The first-order valence-electron chi connectivity index (χ1n) is 10.3. The average molecular weight is 469 g/mol. The van der Waals surface area contributed by atoms with Crippen molar-refractivity contribution >= 4 is 27.3 Å². The Morgan fingerprint density at radius 1 is 0.879 bits per heavy atom. The molecule has 0 unspecified atom stereocenters. The van der Waals surface area contributed by atoms with Gasteiger partial charge in [0.15, 0.2) is 0 Å². The molecule has 0 aliphatic carbocycles. The van der Waals surface area contributed by atoms with Crippen LogP contribution in [0, 0.1) is 20.8 Å². The number of rotatable bonds is 8. The third kappa shape index (κ3) is 5.28. The lowest BCUT2D eigenvalue weighted by molar-refractivity contribution is -0.114. The van der Waals surface area contributed by atoms with Crippen molar-refractivity contribution in [2.75, 3.05) is 30.4 Å². The first-order valence-corrected chi connectivity index (χ1v) is 11.8. The van der Waals surface area contributed by atoms with E-state index in [1.807, 2.05) is 19.9 Å². The third-order valence-electron chi connectivity index (χ3n) is 5.33. The normalized spacial score (nSPS) is 11.1. The molecule has 7 nitrogen and oxygen atoms in total. The number of carbonyl (C=O) groups excluding carboxylic acids is 1. The van der Waals surface area contributed by atoms with Gasteiger partial charge in [-0.15, -0.1) is 0 Å². The molecule has 0 radical (unpaired) electrons. The number of amides is 1. The summed E-state index contributed by atoms with van der Waals surface area (Å²) in [6.07, 6.45) is 0. The molecule has 3 rings (SSSR count). The van der Waals surface area contributed by atoms with Crippen LogP contribution in [-0.2, 0) is 14.8 Å². The number of ether oxygens (including phenoxy) is 2. The summed E-state index contributed by atoms with van der Waals surface area (Å²) >= 11 is 0. The molecule has 0 fully saturated rings. The lowest BCUT2D eigenvalue weighted by Gasteiger charge is -2.26. The number of nitrogens with one attached hydrogen (secondary N) is 1. The molecule has 3 aromatic carbocycles. The topological polar surface area (TPSA) is 84.9 Å². The number of carbonyl (C=O) groups is 1. The highest BCUT2D eigenvalue weighted by atomic mass is 32.2. The summed E-state index contributed by atoms with van der Waals surface area (Å²) in [6, 6.07) is 17.1. The molecule has 0 aromatic heterocycles. The molecule has 0 bridgehead atoms. The zero-order chi connectivity index (χ0) is 24.2. The molecular formula is C25H28N2O5S. The number of nitrogens with zero attached hydrogens (tertiary/aromatic N) is 1. The van der Waals surface area contributed by atoms with Gasteiger partial charge in [-0.2, -0.15) is 0 Å². The summed E-state index contributed by atoms with van der Waals surface area (Å²) in [5.41, 5.74) is 3.53. The number of para-hydroxylation sites is 2. The van der Waals surface area contributed by atoms with Crippen LogP contribution in [0.4, 0.5) is 11.4 Å². The van der Waals surface area contributed by atoms with Crippen LogP contribution in [0.25, 0.3) is 0 Å². The highest BCUT2D eigenvalue weighted by Gasteiger charge is 2.30. The van der Waals surface area contributed by atoms with Gasteiger partial charge < -0.3 is 14.8 Å². The largest absolute Gasteiger partial charge is 0.495 e. The maximum atomic E-state index is 13.8. The van der Waals surface area contributed by atoms with Crippen LogP contribution in [0.1, 0.15) is 16.7 Å². The number of benzene rings is 3. The Hall–Kier alpha value is -3.52. The average Bonchev–Trinajstić information content (AvgIpc) is 2.79. The molecule has 0 aliphatic heterocycles. The molecule has 0 spiro atoms. The van der Waals surface area contributed by atoms with Gasteiger partial charge in [0.05, 0.1) is 25.6 Å². The fourth-order valence-electron chi connectivity index (χ4n) is 3.37. The van der Waals surface area contributed by atoms with Gasteiger partial charge in [-0.1, -0.05) is 24.3 Å². The Morgan fingerprint density at radius 2 is 1.58 bits per heavy atom. The summed E-state index contributed by atoms with van der Waals surface area (Å²) in [4.78, 5) is 13.0. The van der Waals surface area contributed by atoms with Gasteiger partial charge in [-0.05, 0) is 73.9 Å².